The molecule has 0 spiro atoms. The summed E-state index contributed by atoms with van der Waals surface area (Å²) in [4.78, 5) is 11.0. The fourth-order valence-electron chi connectivity index (χ4n) is 1.72. The molecule has 0 radical (unpaired) electrons. The van der Waals surface area contributed by atoms with Crippen LogP contribution in [0.3, 0.4) is 0 Å². The number of esters is 1. The maximum absolute atomic E-state index is 11.0. The van der Waals surface area contributed by atoms with Crippen molar-refractivity contribution in [2.75, 3.05) is 20.3 Å². The predicted molar refractivity (Wildman–Crippen MR) is 98.2 cm³/mol. The van der Waals surface area contributed by atoms with Gasteiger partial charge in [0.25, 0.3) is 0 Å². The zero-order chi connectivity index (χ0) is 17.4. The van der Waals surface area contributed by atoms with Gasteiger partial charge in [-0.15, -0.1) is 0 Å². The van der Waals surface area contributed by atoms with E-state index in [0.29, 0.717) is 11.5 Å². The van der Waals surface area contributed by atoms with Gasteiger partial charge in [0, 0.05) is 14.5 Å². The number of rotatable bonds is 5. The van der Waals surface area contributed by atoms with Gasteiger partial charge in [-0.2, -0.15) is 0 Å². The van der Waals surface area contributed by atoms with Gasteiger partial charge in [-0.3, -0.25) is 0 Å². The van der Waals surface area contributed by atoms with Crippen LogP contribution in [0.15, 0.2) is 51.4 Å². The Bertz CT molecular complexity index is 741. The molecule has 0 saturated heterocycles. The molecule has 0 aliphatic heterocycles. The van der Waals surface area contributed by atoms with Gasteiger partial charge in [0.05, 0.1) is 7.11 Å². The molecular weight excluding hydrogens is 440 g/mol. The molecule has 0 amide bonds. The van der Waals surface area contributed by atoms with E-state index in [0.717, 1.165) is 14.5 Å². The molecule has 0 unspecified atom stereocenters. The van der Waals surface area contributed by atoms with Crippen LogP contribution < -0.4 is 9.47 Å². The number of ether oxygens (including phenoxy) is 3. The number of benzene rings is 2. The third kappa shape index (κ3) is 6.26. The number of methoxy groups -OCH3 is 1. The van der Waals surface area contributed by atoms with Crippen molar-refractivity contribution in [3.05, 3.63) is 57.0 Å². The highest BCUT2D eigenvalue weighted by atomic mass is 79.9. The average Bonchev–Trinajstić information content (AvgIpc) is 2.56. The standard InChI is InChI=1S/C18H14Br2O4/c1-22-18(21)12-24-17-6-4-16(5-7-17)23-8-2-3-13-9-14(19)11-15(20)10-13/h4-7,9-11H,8,12H2,1H3. The number of carbonyl (C=O) groups is 1. The summed E-state index contributed by atoms with van der Waals surface area (Å²) >= 11 is 6.84. The van der Waals surface area contributed by atoms with Crippen molar-refractivity contribution in [1.29, 1.82) is 0 Å². The van der Waals surface area contributed by atoms with E-state index in [1.807, 2.05) is 18.2 Å². The lowest BCUT2D eigenvalue weighted by Gasteiger charge is -2.06. The first kappa shape index (κ1) is 18.4. The van der Waals surface area contributed by atoms with Crippen molar-refractivity contribution in [3.8, 4) is 23.3 Å². The van der Waals surface area contributed by atoms with Crippen LogP contribution in [0.2, 0.25) is 0 Å². The molecule has 0 aliphatic carbocycles. The minimum Gasteiger partial charge on any atom is -0.482 e. The molecule has 2 aromatic carbocycles. The minimum absolute atomic E-state index is 0.121. The Morgan fingerprint density at radius 1 is 1.00 bits per heavy atom. The number of carbonyl (C=O) groups excluding carboxylic acids is 1. The van der Waals surface area contributed by atoms with Gasteiger partial charge in [-0.25, -0.2) is 4.79 Å². The Labute approximate surface area is 157 Å². The second-order valence-electron chi connectivity index (χ2n) is 4.58. The Morgan fingerprint density at radius 3 is 2.17 bits per heavy atom. The van der Waals surface area contributed by atoms with E-state index in [9.17, 15) is 4.79 Å². The van der Waals surface area contributed by atoms with Crippen LogP contribution in [0.25, 0.3) is 0 Å². The summed E-state index contributed by atoms with van der Waals surface area (Å²) in [7, 11) is 1.32. The molecule has 0 aliphatic rings. The second kappa shape index (κ2) is 9.36. The van der Waals surface area contributed by atoms with E-state index >= 15 is 0 Å². The molecule has 0 bridgehead atoms. The number of halogens is 2. The van der Waals surface area contributed by atoms with Gasteiger partial charge in [0.15, 0.2) is 6.61 Å². The summed E-state index contributed by atoms with van der Waals surface area (Å²) in [5, 5.41) is 0. The van der Waals surface area contributed by atoms with Crippen molar-refractivity contribution in [2.45, 2.75) is 0 Å². The Kier molecular flexibility index (Phi) is 7.16. The quantitative estimate of drug-likeness (QED) is 0.502. The summed E-state index contributed by atoms with van der Waals surface area (Å²) in [6.45, 7) is 0.150. The van der Waals surface area contributed by atoms with Crippen molar-refractivity contribution >= 4 is 37.8 Å². The number of hydrogen-bond donors (Lipinski definition) is 0. The first-order chi connectivity index (χ1) is 11.6. The predicted octanol–water partition coefficient (Wildman–Crippen LogP) is 4.19. The fourth-order valence-corrected chi connectivity index (χ4v) is 3.01. The van der Waals surface area contributed by atoms with Crippen LogP contribution in [0, 0.1) is 11.8 Å². The lowest BCUT2D eigenvalue weighted by atomic mass is 10.2. The molecule has 0 heterocycles. The maximum Gasteiger partial charge on any atom is 0.343 e. The van der Waals surface area contributed by atoms with Gasteiger partial charge in [0.2, 0.25) is 0 Å². The summed E-state index contributed by atoms with van der Waals surface area (Å²) in [5.74, 6) is 6.81. The van der Waals surface area contributed by atoms with Gasteiger partial charge >= 0.3 is 5.97 Å². The summed E-state index contributed by atoms with van der Waals surface area (Å²) in [6.07, 6.45) is 0. The second-order valence-corrected chi connectivity index (χ2v) is 6.42. The van der Waals surface area contributed by atoms with Crippen LogP contribution in [0.4, 0.5) is 0 Å². The molecule has 0 N–H and O–H groups in total. The molecule has 124 valence electrons. The zero-order valence-corrected chi connectivity index (χ0v) is 16.0. The monoisotopic (exact) mass is 452 g/mol. The van der Waals surface area contributed by atoms with Gasteiger partial charge in [-0.05, 0) is 42.5 Å². The van der Waals surface area contributed by atoms with Gasteiger partial charge in [-0.1, -0.05) is 43.7 Å². The van der Waals surface area contributed by atoms with E-state index in [-0.39, 0.29) is 13.2 Å². The van der Waals surface area contributed by atoms with E-state index in [4.69, 9.17) is 9.47 Å². The van der Waals surface area contributed by atoms with Crippen molar-refractivity contribution < 1.29 is 19.0 Å². The molecule has 2 rings (SSSR count). The van der Waals surface area contributed by atoms with E-state index < -0.39 is 5.97 Å². The topological polar surface area (TPSA) is 44.8 Å². The van der Waals surface area contributed by atoms with Crippen LogP contribution in [-0.2, 0) is 9.53 Å². The van der Waals surface area contributed by atoms with E-state index in [2.05, 4.69) is 48.4 Å². The van der Waals surface area contributed by atoms with Gasteiger partial charge in [0.1, 0.15) is 18.1 Å². The first-order valence-corrected chi connectivity index (χ1v) is 8.53. The third-order valence-electron chi connectivity index (χ3n) is 2.81. The van der Waals surface area contributed by atoms with Crippen molar-refractivity contribution in [2.24, 2.45) is 0 Å². The smallest absolute Gasteiger partial charge is 0.343 e. The highest BCUT2D eigenvalue weighted by Crippen LogP contribution is 2.20. The highest BCUT2D eigenvalue weighted by molar-refractivity contribution is 9.11. The lowest BCUT2D eigenvalue weighted by molar-refractivity contribution is -0.142. The molecule has 24 heavy (non-hydrogen) atoms. The van der Waals surface area contributed by atoms with Crippen LogP contribution in [-0.4, -0.2) is 26.3 Å². The Balaban J connectivity index is 1.84. The van der Waals surface area contributed by atoms with Gasteiger partial charge < -0.3 is 14.2 Å². The van der Waals surface area contributed by atoms with E-state index in [1.165, 1.54) is 7.11 Å². The van der Waals surface area contributed by atoms with E-state index in [1.54, 1.807) is 24.3 Å². The Morgan fingerprint density at radius 2 is 1.58 bits per heavy atom. The summed E-state index contributed by atoms with van der Waals surface area (Å²) in [5.41, 5.74) is 0.895. The normalized spacial score (nSPS) is 9.62. The molecule has 0 atom stereocenters. The largest absolute Gasteiger partial charge is 0.482 e. The van der Waals surface area contributed by atoms with Crippen molar-refractivity contribution in [3.63, 3.8) is 0 Å². The zero-order valence-electron chi connectivity index (χ0n) is 12.8. The first-order valence-electron chi connectivity index (χ1n) is 6.94. The summed E-state index contributed by atoms with van der Waals surface area (Å²) < 4.78 is 17.2. The molecule has 0 fully saturated rings. The van der Waals surface area contributed by atoms with Crippen molar-refractivity contribution in [1.82, 2.24) is 0 Å². The average molecular weight is 454 g/mol. The summed E-state index contributed by atoms with van der Waals surface area (Å²) in [6, 6.07) is 12.8. The van der Waals surface area contributed by atoms with Crippen LogP contribution in [0.5, 0.6) is 11.5 Å². The molecule has 4 nitrogen and oxygen atoms in total. The lowest BCUT2D eigenvalue weighted by Crippen LogP contribution is -2.12. The number of hydrogen-bond acceptors (Lipinski definition) is 4. The van der Waals surface area contributed by atoms with Crippen LogP contribution in [0.1, 0.15) is 5.56 Å². The molecule has 0 saturated carbocycles. The SMILES string of the molecule is COC(=O)COc1ccc(OCC#Cc2cc(Br)cc(Br)c2)cc1. The minimum atomic E-state index is -0.426. The molecular formula is C18H14Br2O4. The maximum atomic E-state index is 11.0. The van der Waals surface area contributed by atoms with Crippen LogP contribution >= 0.6 is 31.9 Å². The highest BCUT2D eigenvalue weighted by Gasteiger charge is 2.01. The molecule has 2 aromatic rings. The third-order valence-corrected chi connectivity index (χ3v) is 3.73. The molecule has 0 aromatic heterocycles. The fraction of sp³-hybridized carbons (Fsp3) is 0.167. The Hall–Kier alpha value is -1.97. The molecule has 6 heteroatoms.